The van der Waals surface area contributed by atoms with Crippen LogP contribution in [-0.2, 0) is 6.54 Å². The van der Waals surface area contributed by atoms with Gasteiger partial charge in [-0.25, -0.2) is 0 Å². The third kappa shape index (κ3) is 2.17. The van der Waals surface area contributed by atoms with Crippen molar-refractivity contribution in [1.29, 1.82) is 0 Å². The van der Waals surface area contributed by atoms with Gasteiger partial charge in [-0.2, -0.15) is 0 Å². The summed E-state index contributed by atoms with van der Waals surface area (Å²) in [4.78, 5) is 0. The van der Waals surface area contributed by atoms with Crippen LogP contribution in [0.4, 0.5) is 0 Å². The van der Waals surface area contributed by atoms with Gasteiger partial charge in [0.1, 0.15) is 18.1 Å². The Hall–Kier alpha value is -2.00. The number of benzene rings is 2. The van der Waals surface area contributed by atoms with Crippen LogP contribution in [0, 0.1) is 0 Å². The highest BCUT2D eigenvalue weighted by atomic mass is 16.5. The van der Waals surface area contributed by atoms with Gasteiger partial charge in [-0.15, -0.1) is 0 Å². The molecule has 0 radical (unpaired) electrons. The van der Waals surface area contributed by atoms with E-state index in [1.165, 1.54) is 11.1 Å². The Bertz CT molecular complexity index is 536. The molecule has 0 saturated heterocycles. The van der Waals surface area contributed by atoms with E-state index in [-0.39, 0.29) is 11.8 Å². The van der Waals surface area contributed by atoms with E-state index in [0.29, 0.717) is 6.61 Å². The van der Waals surface area contributed by atoms with Crippen molar-refractivity contribution in [3.8, 4) is 11.5 Å². The number of phenolic OH excluding ortho intramolecular Hbond substituents is 1. The van der Waals surface area contributed by atoms with Gasteiger partial charge in [-0.05, 0) is 35.4 Å². The van der Waals surface area contributed by atoms with Crippen LogP contribution in [0.1, 0.15) is 17.2 Å². The maximum absolute atomic E-state index is 9.20. The van der Waals surface area contributed by atoms with Crippen LogP contribution in [0.3, 0.4) is 0 Å². The first-order valence-electron chi connectivity index (χ1n) is 6.06. The highest BCUT2D eigenvalue weighted by Gasteiger charge is 2.21. The quantitative estimate of drug-likeness (QED) is 0.868. The Kier molecular flexibility index (Phi) is 2.90. The molecule has 1 aliphatic heterocycles. The molecule has 1 atom stereocenters. The summed E-state index contributed by atoms with van der Waals surface area (Å²) in [6.07, 6.45) is 0. The Morgan fingerprint density at radius 1 is 1.11 bits per heavy atom. The Balaban J connectivity index is 1.67. The molecular formula is C15H15NO2. The van der Waals surface area contributed by atoms with Crippen LogP contribution in [0.25, 0.3) is 0 Å². The number of hydrogen-bond donors (Lipinski definition) is 2. The average Bonchev–Trinajstić information content (AvgIpc) is 2.82. The monoisotopic (exact) mass is 241 g/mol. The lowest BCUT2D eigenvalue weighted by molar-refractivity contribution is 0.273. The second-order valence-electron chi connectivity index (χ2n) is 4.44. The SMILES string of the molecule is Oc1ccc(OCC2NCc3ccccc32)cc1. The summed E-state index contributed by atoms with van der Waals surface area (Å²) in [7, 11) is 0. The van der Waals surface area contributed by atoms with Gasteiger partial charge in [0.15, 0.2) is 0 Å². The Morgan fingerprint density at radius 3 is 2.72 bits per heavy atom. The molecule has 3 nitrogen and oxygen atoms in total. The van der Waals surface area contributed by atoms with E-state index in [4.69, 9.17) is 4.74 Å². The first kappa shape index (κ1) is 11.1. The molecule has 2 N–H and O–H groups in total. The third-order valence-electron chi connectivity index (χ3n) is 3.22. The van der Waals surface area contributed by atoms with Gasteiger partial charge < -0.3 is 15.2 Å². The van der Waals surface area contributed by atoms with Gasteiger partial charge in [-0.1, -0.05) is 24.3 Å². The molecule has 3 rings (SSSR count). The molecule has 0 fully saturated rings. The van der Waals surface area contributed by atoms with Gasteiger partial charge >= 0.3 is 0 Å². The summed E-state index contributed by atoms with van der Waals surface area (Å²) in [5.41, 5.74) is 2.66. The topological polar surface area (TPSA) is 41.5 Å². The van der Waals surface area contributed by atoms with Crippen LogP contribution in [0.2, 0.25) is 0 Å². The van der Waals surface area contributed by atoms with Crippen molar-refractivity contribution in [1.82, 2.24) is 5.32 Å². The van der Waals surface area contributed by atoms with Gasteiger partial charge in [0.25, 0.3) is 0 Å². The minimum Gasteiger partial charge on any atom is -0.508 e. The number of nitrogens with one attached hydrogen (secondary N) is 1. The normalized spacial score (nSPS) is 17.4. The molecule has 92 valence electrons. The minimum atomic E-state index is 0.245. The van der Waals surface area contributed by atoms with Crippen molar-refractivity contribution in [2.75, 3.05) is 6.61 Å². The van der Waals surface area contributed by atoms with Crippen molar-refractivity contribution < 1.29 is 9.84 Å². The lowest BCUT2D eigenvalue weighted by atomic mass is 10.1. The fourth-order valence-corrected chi connectivity index (χ4v) is 2.25. The second-order valence-corrected chi connectivity index (χ2v) is 4.44. The predicted octanol–water partition coefficient (Wildman–Crippen LogP) is 2.62. The summed E-state index contributed by atoms with van der Waals surface area (Å²) >= 11 is 0. The average molecular weight is 241 g/mol. The zero-order chi connectivity index (χ0) is 12.4. The molecule has 0 amide bonds. The molecule has 1 aliphatic rings. The maximum atomic E-state index is 9.20. The number of rotatable bonds is 3. The highest BCUT2D eigenvalue weighted by Crippen LogP contribution is 2.26. The molecule has 0 saturated carbocycles. The maximum Gasteiger partial charge on any atom is 0.119 e. The van der Waals surface area contributed by atoms with E-state index in [1.807, 2.05) is 0 Å². The van der Waals surface area contributed by atoms with Gasteiger partial charge in [0, 0.05) is 6.54 Å². The van der Waals surface area contributed by atoms with E-state index < -0.39 is 0 Å². The summed E-state index contributed by atoms with van der Waals surface area (Å²) in [5, 5.41) is 12.6. The van der Waals surface area contributed by atoms with E-state index in [9.17, 15) is 5.11 Å². The first-order chi connectivity index (χ1) is 8.83. The molecule has 1 unspecified atom stereocenters. The summed E-state index contributed by atoms with van der Waals surface area (Å²) in [5.74, 6) is 1.03. The lowest BCUT2D eigenvalue weighted by Crippen LogP contribution is -2.19. The van der Waals surface area contributed by atoms with Crippen LogP contribution < -0.4 is 10.1 Å². The molecule has 0 bridgehead atoms. The van der Waals surface area contributed by atoms with Crippen LogP contribution in [0.5, 0.6) is 11.5 Å². The summed E-state index contributed by atoms with van der Waals surface area (Å²) in [6.45, 7) is 1.50. The van der Waals surface area contributed by atoms with Crippen molar-refractivity contribution >= 4 is 0 Å². The van der Waals surface area contributed by atoms with Crippen molar-refractivity contribution in [2.45, 2.75) is 12.6 Å². The fourth-order valence-electron chi connectivity index (χ4n) is 2.25. The second kappa shape index (κ2) is 4.70. The zero-order valence-corrected chi connectivity index (χ0v) is 9.97. The molecule has 1 heterocycles. The van der Waals surface area contributed by atoms with Crippen LogP contribution >= 0.6 is 0 Å². The van der Waals surface area contributed by atoms with Gasteiger partial charge in [0.05, 0.1) is 6.04 Å². The summed E-state index contributed by atoms with van der Waals surface area (Å²) < 4.78 is 5.73. The fraction of sp³-hybridized carbons (Fsp3) is 0.200. The highest BCUT2D eigenvalue weighted by molar-refractivity contribution is 5.34. The van der Waals surface area contributed by atoms with Crippen molar-refractivity contribution in [3.05, 3.63) is 59.7 Å². The minimum absolute atomic E-state index is 0.245. The van der Waals surface area contributed by atoms with Crippen LogP contribution in [0.15, 0.2) is 48.5 Å². The molecular weight excluding hydrogens is 226 g/mol. The molecule has 18 heavy (non-hydrogen) atoms. The Morgan fingerprint density at radius 2 is 1.89 bits per heavy atom. The Labute approximate surface area is 106 Å². The molecule has 0 spiro atoms. The lowest BCUT2D eigenvalue weighted by Gasteiger charge is -2.13. The van der Waals surface area contributed by atoms with Crippen molar-refractivity contribution in [2.24, 2.45) is 0 Å². The molecule has 0 aliphatic carbocycles. The number of hydrogen-bond acceptors (Lipinski definition) is 3. The standard InChI is InChI=1S/C15H15NO2/c17-12-5-7-13(8-6-12)18-10-15-14-4-2-1-3-11(14)9-16-15/h1-8,15-17H,9-10H2. The molecule has 2 aromatic rings. The van der Waals surface area contributed by atoms with Crippen molar-refractivity contribution in [3.63, 3.8) is 0 Å². The summed E-state index contributed by atoms with van der Waals surface area (Å²) in [6, 6.07) is 15.4. The molecule has 2 aromatic carbocycles. The number of fused-ring (bicyclic) bond motifs is 1. The van der Waals surface area contributed by atoms with E-state index in [0.717, 1.165) is 12.3 Å². The third-order valence-corrected chi connectivity index (χ3v) is 3.22. The smallest absolute Gasteiger partial charge is 0.119 e. The number of phenols is 1. The molecule has 3 heteroatoms. The van der Waals surface area contributed by atoms with Gasteiger partial charge in [-0.3, -0.25) is 0 Å². The van der Waals surface area contributed by atoms with Crippen LogP contribution in [-0.4, -0.2) is 11.7 Å². The predicted molar refractivity (Wildman–Crippen MR) is 69.6 cm³/mol. The largest absolute Gasteiger partial charge is 0.508 e. The molecule has 0 aromatic heterocycles. The van der Waals surface area contributed by atoms with Gasteiger partial charge in [0.2, 0.25) is 0 Å². The van der Waals surface area contributed by atoms with E-state index in [2.05, 4.69) is 29.6 Å². The first-order valence-corrected chi connectivity index (χ1v) is 6.06. The zero-order valence-electron chi connectivity index (χ0n) is 9.97. The van der Waals surface area contributed by atoms with E-state index in [1.54, 1.807) is 24.3 Å². The number of aromatic hydroxyl groups is 1. The number of ether oxygens (including phenoxy) is 1. The van der Waals surface area contributed by atoms with E-state index >= 15 is 0 Å².